The third-order valence-corrected chi connectivity index (χ3v) is 7.34. The van der Waals surface area contributed by atoms with Crippen LogP contribution in [0.1, 0.15) is 39.5 Å². The normalized spacial score (nSPS) is 10.6. The molecule has 0 aromatic carbocycles. The maximum atomic E-state index is 12.3. The van der Waals surface area contributed by atoms with Crippen LogP contribution in [0.25, 0.3) is 41.8 Å². The number of rotatable bonds is 31. The lowest BCUT2D eigenvalue weighted by molar-refractivity contribution is -0.170. The molecular weight excluding hydrogens is 916 g/mol. The molecule has 68 heavy (non-hydrogen) atoms. The topological polar surface area (TPSA) is 433 Å². The monoisotopic (exact) mass is 964 g/mol. The molecule has 0 amide bonds. The van der Waals surface area contributed by atoms with Crippen molar-refractivity contribution >= 4 is 47.8 Å². The number of azide groups is 4. The Kier molecular flexibility index (Phi) is 35.4. The van der Waals surface area contributed by atoms with Gasteiger partial charge in [-0.1, -0.05) is 58.9 Å². The van der Waals surface area contributed by atoms with Crippen LogP contribution in [-0.4, -0.2) is 127 Å². The average molecular weight is 965 g/mol. The molecule has 0 saturated carbocycles. The van der Waals surface area contributed by atoms with E-state index in [0.717, 1.165) is 0 Å². The van der Waals surface area contributed by atoms with Gasteiger partial charge >= 0.3 is 47.8 Å². The van der Waals surface area contributed by atoms with Gasteiger partial charge in [0.1, 0.15) is 40.0 Å². The number of hydrogen-bond donors (Lipinski definition) is 0. The second-order valence-corrected chi connectivity index (χ2v) is 12.2. The van der Waals surface area contributed by atoms with Gasteiger partial charge in [0.2, 0.25) is 0 Å². The molecule has 0 spiro atoms. The van der Waals surface area contributed by atoms with Crippen molar-refractivity contribution in [3.63, 3.8) is 0 Å². The Hall–Kier alpha value is -8.42. The smallest absolute Gasteiger partial charge is 0.417 e. The summed E-state index contributed by atoms with van der Waals surface area (Å²) in [6, 6.07) is 0. The molecule has 31 nitrogen and oxygen atoms in total. The first kappa shape index (κ1) is 61.7. The maximum Gasteiger partial charge on any atom is 0.417 e. The highest BCUT2D eigenvalue weighted by molar-refractivity contribution is 6.30. The summed E-state index contributed by atoms with van der Waals surface area (Å²) in [7, 11) is 0. The van der Waals surface area contributed by atoms with Crippen molar-refractivity contribution in [2.45, 2.75) is 39.5 Å². The zero-order valence-electron chi connectivity index (χ0n) is 36.9. The summed E-state index contributed by atoms with van der Waals surface area (Å²) < 4.78 is 53.2. The highest BCUT2D eigenvalue weighted by Gasteiger charge is 2.34. The first-order chi connectivity index (χ1) is 32.5. The van der Waals surface area contributed by atoms with E-state index in [0.29, 0.717) is 26.8 Å². The van der Waals surface area contributed by atoms with Crippen LogP contribution >= 0.6 is 0 Å². The van der Waals surface area contributed by atoms with E-state index in [4.69, 9.17) is 55.3 Å². The quantitative estimate of drug-likeness (QED) is 0.0104. The Balaban J connectivity index is 0. The van der Waals surface area contributed by atoms with Crippen LogP contribution in [0.2, 0.25) is 0 Å². The van der Waals surface area contributed by atoms with Gasteiger partial charge in [0.25, 0.3) is 0 Å². The van der Waals surface area contributed by atoms with Crippen LogP contribution in [0.15, 0.2) is 81.7 Å². The summed E-state index contributed by atoms with van der Waals surface area (Å²) in [5.74, 6) is -12.3. The molecule has 0 heterocycles. The number of ether oxygens (including phenoxy) is 11. The molecule has 0 bridgehead atoms. The number of carbonyl (C=O) groups is 8. The fraction of sp³-hybridized carbons (Fsp3) is 0.514. The first-order valence-electron chi connectivity index (χ1n) is 19.1. The Labute approximate surface area is 386 Å². The number of allylic oxidation sites excluding steroid dienone is 1. The van der Waals surface area contributed by atoms with Crippen LogP contribution in [0, 0.1) is 5.41 Å². The molecule has 0 aliphatic heterocycles. The van der Waals surface area contributed by atoms with E-state index in [9.17, 15) is 38.4 Å². The average Bonchev–Trinajstić information content (AvgIpc) is 3.30. The van der Waals surface area contributed by atoms with E-state index < -0.39 is 106 Å². The second-order valence-electron chi connectivity index (χ2n) is 12.2. The number of hydrogen-bond acceptors (Lipinski definition) is 23. The Bertz CT molecular complexity index is 1770. The van der Waals surface area contributed by atoms with Crippen LogP contribution in [0.4, 0.5) is 0 Å². The van der Waals surface area contributed by atoms with Crippen molar-refractivity contribution in [1.82, 2.24) is 0 Å². The number of esters is 8. The van der Waals surface area contributed by atoms with E-state index in [-0.39, 0.29) is 48.5 Å². The Morgan fingerprint density at radius 2 is 0.721 bits per heavy atom. The van der Waals surface area contributed by atoms with Crippen molar-refractivity contribution in [3.05, 3.63) is 103 Å². The van der Waals surface area contributed by atoms with E-state index in [2.05, 4.69) is 85.4 Å². The highest BCUT2D eigenvalue weighted by atomic mass is 16.7. The first-order valence-corrected chi connectivity index (χ1v) is 19.1. The molecule has 0 aromatic rings. The van der Waals surface area contributed by atoms with Crippen molar-refractivity contribution in [3.8, 4) is 0 Å². The molecular formula is C37H48N12O19. The van der Waals surface area contributed by atoms with Gasteiger partial charge in [-0.25, -0.2) is 38.4 Å². The summed E-state index contributed by atoms with van der Waals surface area (Å²) in [5.41, 5.74) is 31.2. The standard InChI is InChI=1S/C29H32N12O16.C8H16O3/c1-17(34-38-30)13-54-25(46)21(42)50-9-5-29(6-10-51-22(43)26(47)55-14-18(2)35-39-31,7-11-52-23(44)27(48)56-15-19(3)36-40-32)8-12-53-24(45)28(49)57-16-20(4)37-41-33;1-3-5-6-10-8-11-7-9-4-2/h1-16H2;3,5H,4,6-8H2,1-2H3. The van der Waals surface area contributed by atoms with Gasteiger partial charge in [0.15, 0.2) is 0 Å². The molecule has 370 valence electrons. The maximum absolute atomic E-state index is 12.3. The molecule has 0 N–H and O–H groups in total. The molecule has 0 unspecified atom stereocenters. The van der Waals surface area contributed by atoms with E-state index in [1.807, 2.05) is 26.0 Å². The minimum absolute atomic E-state index is 0.255. The van der Waals surface area contributed by atoms with Crippen molar-refractivity contribution in [2.75, 3.05) is 79.7 Å². The second kappa shape index (κ2) is 39.0. The van der Waals surface area contributed by atoms with Gasteiger partial charge in [-0.15, -0.1) is 0 Å². The molecule has 0 atom stereocenters. The van der Waals surface area contributed by atoms with Crippen LogP contribution in [0.5, 0.6) is 0 Å². The predicted octanol–water partition coefficient (Wildman–Crippen LogP) is 4.72. The number of nitrogens with zero attached hydrogens (tertiary/aromatic N) is 12. The zero-order chi connectivity index (χ0) is 51.6. The van der Waals surface area contributed by atoms with Gasteiger partial charge in [-0.3, -0.25) is 0 Å². The van der Waals surface area contributed by atoms with Gasteiger partial charge in [0.05, 0.1) is 33.0 Å². The Morgan fingerprint density at radius 1 is 0.456 bits per heavy atom. The van der Waals surface area contributed by atoms with E-state index in [1.54, 1.807) is 0 Å². The van der Waals surface area contributed by atoms with E-state index >= 15 is 0 Å². The molecule has 0 aliphatic rings. The summed E-state index contributed by atoms with van der Waals surface area (Å²) >= 11 is 0. The van der Waals surface area contributed by atoms with E-state index in [1.165, 1.54) is 0 Å². The fourth-order valence-electron chi connectivity index (χ4n) is 4.07. The third-order valence-electron chi connectivity index (χ3n) is 7.34. The summed E-state index contributed by atoms with van der Waals surface area (Å²) in [6.45, 7) is 13.7. The van der Waals surface area contributed by atoms with Crippen molar-refractivity contribution in [2.24, 2.45) is 25.9 Å². The van der Waals surface area contributed by atoms with Crippen molar-refractivity contribution in [1.29, 1.82) is 0 Å². The minimum atomic E-state index is -1.54. The Morgan fingerprint density at radius 3 is 0.971 bits per heavy atom. The lowest BCUT2D eigenvalue weighted by Gasteiger charge is -2.33. The minimum Gasteiger partial charge on any atom is -0.457 e. The molecule has 0 radical (unpaired) electrons. The van der Waals surface area contributed by atoms with Crippen LogP contribution in [0.3, 0.4) is 0 Å². The number of carbonyl (C=O) groups excluding carboxylic acids is 8. The summed E-state index contributed by atoms with van der Waals surface area (Å²) in [5, 5.41) is 12.3. The van der Waals surface area contributed by atoms with Gasteiger partial charge in [0, 0.05) is 49.0 Å². The predicted molar refractivity (Wildman–Crippen MR) is 225 cm³/mol. The third kappa shape index (κ3) is 32.3. The molecule has 0 aliphatic carbocycles. The highest BCUT2D eigenvalue weighted by Crippen LogP contribution is 2.36. The summed E-state index contributed by atoms with van der Waals surface area (Å²) in [4.78, 5) is 107. The van der Waals surface area contributed by atoms with Crippen LogP contribution in [-0.2, 0) is 90.5 Å². The molecule has 0 saturated heterocycles. The van der Waals surface area contributed by atoms with Gasteiger partial charge < -0.3 is 52.1 Å². The van der Waals surface area contributed by atoms with Crippen LogP contribution < -0.4 is 0 Å². The SMILES string of the molecule is C=C(COC(=O)C(=O)OCCC(CCOC(=O)C(=O)OCC(=C)N=[N+]=[N-])(CCOC(=O)C(=O)OCC(=C)N=[N+]=[N-])CCOC(=O)C(=O)OCC(=C)N=[N+]=[N-])N=[N+]=[N-].CC=CCOCOCOCC. The van der Waals surface area contributed by atoms with Gasteiger partial charge in [-0.2, -0.15) is 0 Å². The lowest BCUT2D eigenvalue weighted by atomic mass is 9.76. The molecule has 0 rings (SSSR count). The molecule has 31 heteroatoms. The largest absolute Gasteiger partial charge is 0.457 e. The summed E-state index contributed by atoms with van der Waals surface area (Å²) in [6.07, 6.45) is 2.49. The van der Waals surface area contributed by atoms with Gasteiger partial charge in [-0.05, 0) is 67.1 Å². The molecule has 0 aromatic heterocycles. The zero-order valence-corrected chi connectivity index (χ0v) is 36.9. The molecule has 0 fully saturated rings. The fourth-order valence-corrected chi connectivity index (χ4v) is 4.07. The van der Waals surface area contributed by atoms with Crippen molar-refractivity contribution < 1.29 is 90.5 Å². The lowest BCUT2D eigenvalue weighted by Crippen LogP contribution is -2.33.